The van der Waals surface area contributed by atoms with Crippen molar-refractivity contribution in [2.24, 2.45) is 0 Å². The fourth-order valence-electron chi connectivity index (χ4n) is 2.51. The number of fused-ring (bicyclic) bond motifs is 1. The van der Waals surface area contributed by atoms with E-state index in [4.69, 9.17) is 4.74 Å². The zero-order chi connectivity index (χ0) is 14.3. The molecule has 1 aromatic carbocycles. The van der Waals surface area contributed by atoms with Crippen LogP contribution >= 0.6 is 0 Å². The summed E-state index contributed by atoms with van der Waals surface area (Å²) in [4.78, 5) is 14.5. The molecule has 1 aliphatic heterocycles. The number of aromatic nitrogens is 2. The van der Waals surface area contributed by atoms with Gasteiger partial charge in [-0.25, -0.2) is 4.79 Å². The van der Waals surface area contributed by atoms with Gasteiger partial charge in [0, 0.05) is 6.61 Å². The van der Waals surface area contributed by atoms with Crippen molar-refractivity contribution in [1.82, 2.24) is 9.55 Å². The number of H-pyrrole nitrogens is 1. The molecule has 7 heteroatoms. The van der Waals surface area contributed by atoms with E-state index in [1.807, 2.05) is 0 Å². The molecule has 1 unspecified atom stereocenters. The summed E-state index contributed by atoms with van der Waals surface area (Å²) in [6.07, 6.45) is -2.50. The Morgan fingerprint density at radius 3 is 2.75 bits per heavy atom. The number of halogens is 3. The Balaban J connectivity index is 2.15. The highest BCUT2D eigenvalue weighted by Crippen LogP contribution is 2.32. The molecular formula is C13H13F3N2O2. The summed E-state index contributed by atoms with van der Waals surface area (Å²) in [6, 6.07) is 3.23. The molecule has 20 heavy (non-hydrogen) atoms. The van der Waals surface area contributed by atoms with Gasteiger partial charge in [0.2, 0.25) is 0 Å². The maximum atomic E-state index is 12.8. The fraction of sp³-hybridized carbons (Fsp3) is 0.462. The largest absolute Gasteiger partial charge is 0.416 e. The van der Waals surface area contributed by atoms with Crippen LogP contribution in [-0.2, 0) is 10.9 Å². The second-order valence-electron chi connectivity index (χ2n) is 4.85. The number of ether oxygens (including phenoxy) is 1. The summed E-state index contributed by atoms with van der Waals surface area (Å²) in [6.45, 7) is 0.517. The molecule has 2 heterocycles. The summed E-state index contributed by atoms with van der Waals surface area (Å²) >= 11 is 0. The van der Waals surface area contributed by atoms with Gasteiger partial charge in [0.15, 0.2) is 0 Å². The predicted molar refractivity (Wildman–Crippen MR) is 66.4 cm³/mol. The SMILES string of the molecule is O=c1[nH]c2ccc(C(F)(F)F)cc2n1C1CCCCO1. The molecule has 0 spiro atoms. The first-order valence-electron chi connectivity index (χ1n) is 6.40. The molecule has 1 N–H and O–H groups in total. The smallest absolute Gasteiger partial charge is 0.358 e. The zero-order valence-electron chi connectivity index (χ0n) is 10.5. The lowest BCUT2D eigenvalue weighted by Gasteiger charge is -2.23. The lowest BCUT2D eigenvalue weighted by atomic mass is 10.1. The number of benzene rings is 1. The number of hydrogen-bond acceptors (Lipinski definition) is 2. The molecule has 0 radical (unpaired) electrons. The second-order valence-corrected chi connectivity index (χ2v) is 4.85. The van der Waals surface area contributed by atoms with E-state index >= 15 is 0 Å². The van der Waals surface area contributed by atoms with Crippen LogP contribution < -0.4 is 5.69 Å². The minimum absolute atomic E-state index is 0.233. The van der Waals surface area contributed by atoms with Crippen LogP contribution in [0.3, 0.4) is 0 Å². The van der Waals surface area contributed by atoms with Gasteiger partial charge in [0.25, 0.3) is 0 Å². The van der Waals surface area contributed by atoms with E-state index in [1.165, 1.54) is 10.6 Å². The topological polar surface area (TPSA) is 47.0 Å². The van der Waals surface area contributed by atoms with Crippen LogP contribution in [0, 0.1) is 0 Å². The Morgan fingerprint density at radius 2 is 2.10 bits per heavy atom. The van der Waals surface area contributed by atoms with Gasteiger partial charge in [-0.05, 0) is 37.5 Å². The summed E-state index contributed by atoms with van der Waals surface area (Å²) < 4.78 is 45.1. The average Bonchev–Trinajstić information content (AvgIpc) is 2.73. The van der Waals surface area contributed by atoms with E-state index in [1.54, 1.807) is 0 Å². The third kappa shape index (κ3) is 2.22. The van der Waals surface area contributed by atoms with Crippen molar-refractivity contribution in [1.29, 1.82) is 0 Å². The molecule has 0 saturated carbocycles. The fourth-order valence-corrected chi connectivity index (χ4v) is 2.51. The summed E-state index contributed by atoms with van der Waals surface area (Å²) in [7, 11) is 0. The van der Waals surface area contributed by atoms with Gasteiger partial charge in [-0.15, -0.1) is 0 Å². The molecule has 108 valence electrons. The van der Waals surface area contributed by atoms with Crippen LogP contribution in [0.5, 0.6) is 0 Å². The second kappa shape index (κ2) is 4.66. The van der Waals surface area contributed by atoms with Crippen LogP contribution in [0.1, 0.15) is 31.1 Å². The number of nitrogens with zero attached hydrogens (tertiary/aromatic N) is 1. The van der Waals surface area contributed by atoms with Gasteiger partial charge in [-0.2, -0.15) is 13.2 Å². The molecular weight excluding hydrogens is 273 g/mol. The number of imidazole rings is 1. The average molecular weight is 286 g/mol. The summed E-state index contributed by atoms with van der Waals surface area (Å²) in [5.74, 6) is 0. The zero-order valence-corrected chi connectivity index (χ0v) is 10.5. The van der Waals surface area contributed by atoms with Gasteiger partial charge >= 0.3 is 11.9 Å². The molecule has 4 nitrogen and oxygen atoms in total. The Kier molecular flexibility index (Phi) is 3.08. The van der Waals surface area contributed by atoms with E-state index in [2.05, 4.69) is 4.98 Å². The van der Waals surface area contributed by atoms with Gasteiger partial charge in [0.05, 0.1) is 16.6 Å². The van der Waals surface area contributed by atoms with Crippen LogP contribution in [0.2, 0.25) is 0 Å². The molecule has 1 saturated heterocycles. The molecule has 0 bridgehead atoms. The van der Waals surface area contributed by atoms with Gasteiger partial charge < -0.3 is 9.72 Å². The van der Waals surface area contributed by atoms with E-state index in [0.29, 0.717) is 18.5 Å². The highest BCUT2D eigenvalue weighted by molar-refractivity contribution is 5.76. The lowest BCUT2D eigenvalue weighted by Crippen LogP contribution is -2.26. The number of alkyl halides is 3. The van der Waals surface area contributed by atoms with Gasteiger partial charge in [-0.3, -0.25) is 4.57 Å². The van der Waals surface area contributed by atoms with Crippen LogP contribution in [0.15, 0.2) is 23.0 Å². The lowest BCUT2D eigenvalue weighted by molar-refractivity contribution is -0.137. The van der Waals surface area contributed by atoms with E-state index in [0.717, 1.165) is 25.0 Å². The monoisotopic (exact) mass is 286 g/mol. The predicted octanol–water partition coefficient (Wildman–Crippen LogP) is 3.05. The van der Waals surface area contributed by atoms with E-state index < -0.39 is 23.7 Å². The number of hydrogen-bond donors (Lipinski definition) is 1. The van der Waals surface area contributed by atoms with Crippen molar-refractivity contribution < 1.29 is 17.9 Å². The van der Waals surface area contributed by atoms with E-state index in [-0.39, 0.29) is 5.52 Å². The summed E-state index contributed by atoms with van der Waals surface area (Å²) in [5.41, 5.74) is -0.589. The van der Waals surface area contributed by atoms with Crippen LogP contribution in [-0.4, -0.2) is 16.2 Å². The third-order valence-electron chi connectivity index (χ3n) is 3.49. The number of rotatable bonds is 1. The molecule has 2 aromatic rings. The van der Waals surface area contributed by atoms with Crippen LogP contribution in [0.4, 0.5) is 13.2 Å². The highest BCUT2D eigenvalue weighted by atomic mass is 19.4. The Labute approximate surface area is 112 Å². The molecule has 0 aliphatic carbocycles. The van der Waals surface area contributed by atoms with Gasteiger partial charge in [0.1, 0.15) is 6.23 Å². The van der Waals surface area contributed by atoms with Crippen molar-refractivity contribution in [3.63, 3.8) is 0 Å². The number of nitrogens with one attached hydrogen (secondary N) is 1. The van der Waals surface area contributed by atoms with Crippen molar-refractivity contribution in [3.8, 4) is 0 Å². The standard InChI is InChI=1S/C13H13F3N2O2/c14-13(15,16)8-4-5-9-10(7-8)18(12(19)17-9)11-3-1-2-6-20-11/h4-5,7,11H,1-3,6H2,(H,17,19). The maximum absolute atomic E-state index is 12.8. The normalized spacial score (nSPS) is 20.4. The van der Waals surface area contributed by atoms with Gasteiger partial charge in [-0.1, -0.05) is 0 Å². The van der Waals surface area contributed by atoms with Crippen molar-refractivity contribution in [2.75, 3.05) is 6.61 Å². The quantitative estimate of drug-likeness (QED) is 0.875. The van der Waals surface area contributed by atoms with E-state index in [9.17, 15) is 18.0 Å². The maximum Gasteiger partial charge on any atom is 0.416 e. The molecule has 1 fully saturated rings. The first-order chi connectivity index (χ1) is 9.47. The Morgan fingerprint density at radius 1 is 1.30 bits per heavy atom. The first kappa shape index (κ1) is 13.2. The number of aromatic amines is 1. The third-order valence-corrected chi connectivity index (χ3v) is 3.49. The molecule has 1 aromatic heterocycles. The molecule has 0 amide bonds. The molecule has 3 rings (SSSR count). The van der Waals surface area contributed by atoms with Crippen LogP contribution in [0.25, 0.3) is 11.0 Å². The molecule has 1 aliphatic rings. The van der Waals surface area contributed by atoms with Crippen molar-refractivity contribution >= 4 is 11.0 Å². The Bertz CT molecular complexity index is 681. The molecule has 1 atom stereocenters. The Hall–Kier alpha value is -1.76. The summed E-state index contributed by atoms with van der Waals surface area (Å²) in [5, 5.41) is 0. The van der Waals surface area contributed by atoms with Crippen molar-refractivity contribution in [3.05, 3.63) is 34.2 Å². The minimum atomic E-state index is -4.43. The minimum Gasteiger partial charge on any atom is -0.358 e. The van der Waals surface area contributed by atoms with Crippen molar-refractivity contribution in [2.45, 2.75) is 31.7 Å². The highest BCUT2D eigenvalue weighted by Gasteiger charge is 2.31. The first-order valence-corrected chi connectivity index (χ1v) is 6.40.